The molecule has 1 aromatic carbocycles. The fourth-order valence-corrected chi connectivity index (χ4v) is 3.93. The second-order valence-electron chi connectivity index (χ2n) is 3.97. The van der Waals surface area contributed by atoms with Crippen LogP contribution < -0.4 is 5.32 Å². The van der Waals surface area contributed by atoms with E-state index >= 15 is 0 Å². The quantitative estimate of drug-likeness (QED) is 0.882. The van der Waals surface area contributed by atoms with Gasteiger partial charge in [0.15, 0.2) is 9.84 Å². The summed E-state index contributed by atoms with van der Waals surface area (Å²) in [6, 6.07) is 6.48. The van der Waals surface area contributed by atoms with Crippen LogP contribution in [0.2, 0.25) is 5.02 Å². The molecule has 1 N–H and O–H groups in total. The van der Waals surface area contributed by atoms with Crippen molar-refractivity contribution < 1.29 is 8.42 Å². The zero-order valence-electron chi connectivity index (χ0n) is 8.82. The third-order valence-electron chi connectivity index (χ3n) is 2.82. The molecule has 0 radical (unpaired) electrons. The molecule has 1 saturated heterocycles. The maximum Gasteiger partial charge on any atom is 0.182 e. The molecule has 0 saturated carbocycles. The van der Waals surface area contributed by atoms with E-state index in [2.05, 4.69) is 5.32 Å². The van der Waals surface area contributed by atoms with Gasteiger partial charge in [-0.25, -0.2) is 8.42 Å². The molecule has 0 spiro atoms. The van der Waals surface area contributed by atoms with Crippen LogP contribution in [0.1, 0.15) is 12.8 Å². The van der Waals surface area contributed by atoms with Crippen LogP contribution in [0.3, 0.4) is 0 Å². The Kier molecular flexibility index (Phi) is 3.52. The molecule has 1 unspecified atom stereocenters. The van der Waals surface area contributed by atoms with E-state index in [-0.39, 0.29) is 5.25 Å². The van der Waals surface area contributed by atoms with Crippen LogP contribution in [0.25, 0.3) is 0 Å². The highest BCUT2D eigenvalue weighted by Crippen LogP contribution is 2.23. The Morgan fingerprint density at radius 1 is 1.38 bits per heavy atom. The largest absolute Gasteiger partial charge is 0.315 e. The van der Waals surface area contributed by atoms with Gasteiger partial charge in [0.05, 0.1) is 10.1 Å². The highest BCUT2D eigenvalue weighted by molar-refractivity contribution is 7.92. The van der Waals surface area contributed by atoms with Crippen LogP contribution in [0.5, 0.6) is 0 Å². The average Bonchev–Trinajstić information content (AvgIpc) is 2.30. The van der Waals surface area contributed by atoms with Crippen LogP contribution in [0, 0.1) is 0 Å². The topological polar surface area (TPSA) is 46.2 Å². The summed E-state index contributed by atoms with van der Waals surface area (Å²) in [5.41, 5.74) is 0. The first-order chi connectivity index (χ1) is 7.60. The first kappa shape index (κ1) is 11.9. The van der Waals surface area contributed by atoms with Crippen LogP contribution in [0.15, 0.2) is 29.2 Å². The molecule has 1 aliphatic rings. The van der Waals surface area contributed by atoms with E-state index in [0.29, 0.717) is 16.5 Å². The highest BCUT2D eigenvalue weighted by atomic mass is 35.5. The van der Waals surface area contributed by atoms with Gasteiger partial charge in [-0.15, -0.1) is 0 Å². The van der Waals surface area contributed by atoms with Crippen LogP contribution in [-0.2, 0) is 9.84 Å². The van der Waals surface area contributed by atoms with Gasteiger partial charge in [0.2, 0.25) is 0 Å². The smallest absolute Gasteiger partial charge is 0.182 e. The fraction of sp³-hybridized carbons (Fsp3) is 0.455. The molecule has 5 heteroatoms. The van der Waals surface area contributed by atoms with Crippen LogP contribution in [-0.4, -0.2) is 26.8 Å². The Bertz CT molecular complexity index is 467. The molecule has 0 amide bonds. The van der Waals surface area contributed by atoms with E-state index < -0.39 is 9.84 Å². The number of sulfone groups is 1. The Hall–Kier alpha value is -0.580. The summed E-state index contributed by atoms with van der Waals surface area (Å²) in [6.07, 6.45) is 1.63. The minimum atomic E-state index is -3.23. The van der Waals surface area contributed by atoms with E-state index in [1.807, 2.05) is 0 Å². The number of nitrogens with one attached hydrogen (secondary N) is 1. The molecular weight excluding hydrogens is 246 g/mol. The second-order valence-corrected chi connectivity index (χ2v) is 6.64. The van der Waals surface area contributed by atoms with Crippen LogP contribution in [0.4, 0.5) is 0 Å². The number of hydrogen-bond donors (Lipinski definition) is 1. The SMILES string of the molecule is O=S(=O)(c1cccc(Cl)c1)C1CCCNC1. The van der Waals surface area contributed by atoms with Gasteiger partial charge in [-0.2, -0.15) is 0 Å². The second kappa shape index (κ2) is 4.73. The first-order valence-corrected chi connectivity index (χ1v) is 7.23. The summed E-state index contributed by atoms with van der Waals surface area (Å²) in [4.78, 5) is 0.328. The monoisotopic (exact) mass is 259 g/mol. The lowest BCUT2D eigenvalue weighted by Gasteiger charge is -2.22. The van der Waals surface area contributed by atoms with Gasteiger partial charge in [-0.1, -0.05) is 17.7 Å². The molecule has 3 nitrogen and oxygen atoms in total. The number of halogens is 1. The van der Waals surface area contributed by atoms with Gasteiger partial charge in [0, 0.05) is 11.6 Å². The normalized spacial score (nSPS) is 21.9. The molecule has 0 aromatic heterocycles. The molecule has 1 heterocycles. The molecule has 0 aliphatic carbocycles. The average molecular weight is 260 g/mol. The van der Waals surface area contributed by atoms with Crippen molar-refractivity contribution in [1.29, 1.82) is 0 Å². The Morgan fingerprint density at radius 2 is 2.19 bits per heavy atom. The van der Waals surface area contributed by atoms with E-state index in [1.54, 1.807) is 18.2 Å². The summed E-state index contributed by atoms with van der Waals surface area (Å²) >= 11 is 5.81. The summed E-state index contributed by atoms with van der Waals surface area (Å²) in [5, 5.41) is 3.26. The molecular formula is C11H14ClNO2S. The van der Waals surface area contributed by atoms with E-state index in [0.717, 1.165) is 19.4 Å². The number of benzene rings is 1. The number of hydrogen-bond acceptors (Lipinski definition) is 3. The molecule has 16 heavy (non-hydrogen) atoms. The summed E-state index contributed by atoms with van der Waals surface area (Å²) in [6.45, 7) is 1.44. The number of rotatable bonds is 2. The van der Waals surface area contributed by atoms with Crippen molar-refractivity contribution in [1.82, 2.24) is 5.32 Å². The minimum absolute atomic E-state index is 0.320. The zero-order chi connectivity index (χ0) is 11.6. The van der Waals surface area contributed by atoms with E-state index in [4.69, 9.17) is 11.6 Å². The van der Waals surface area contributed by atoms with Crippen LogP contribution >= 0.6 is 11.6 Å². The van der Waals surface area contributed by atoms with Gasteiger partial charge in [0.25, 0.3) is 0 Å². The van der Waals surface area contributed by atoms with Crippen molar-refractivity contribution in [3.8, 4) is 0 Å². The molecule has 0 bridgehead atoms. The third kappa shape index (κ3) is 2.39. The Morgan fingerprint density at radius 3 is 2.81 bits per heavy atom. The van der Waals surface area contributed by atoms with E-state index in [1.165, 1.54) is 6.07 Å². The van der Waals surface area contributed by atoms with Crippen molar-refractivity contribution in [2.24, 2.45) is 0 Å². The van der Waals surface area contributed by atoms with Crippen molar-refractivity contribution in [2.45, 2.75) is 23.0 Å². The van der Waals surface area contributed by atoms with Crippen molar-refractivity contribution in [3.05, 3.63) is 29.3 Å². The standard InChI is InChI=1S/C11H14ClNO2S/c12-9-3-1-4-10(7-9)16(14,15)11-5-2-6-13-8-11/h1,3-4,7,11,13H,2,5-6,8H2. The highest BCUT2D eigenvalue weighted by Gasteiger charge is 2.28. The molecule has 1 aliphatic heterocycles. The lowest BCUT2D eigenvalue weighted by molar-refractivity contribution is 0.497. The summed E-state index contributed by atoms with van der Waals surface area (Å²) in [5.74, 6) is 0. The molecule has 1 fully saturated rings. The number of piperidine rings is 1. The lowest BCUT2D eigenvalue weighted by atomic mass is 10.2. The maximum atomic E-state index is 12.2. The van der Waals surface area contributed by atoms with Gasteiger partial charge >= 0.3 is 0 Å². The van der Waals surface area contributed by atoms with Gasteiger partial charge in [-0.05, 0) is 37.6 Å². The molecule has 2 rings (SSSR count). The predicted octanol–water partition coefficient (Wildman–Crippen LogP) is 1.87. The minimum Gasteiger partial charge on any atom is -0.315 e. The lowest BCUT2D eigenvalue weighted by Crippen LogP contribution is -2.38. The summed E-state index contributed by atoms with van der Waals surface area (Å²) in [7, 11) is -3.23. The first-order valence-electron chi connectivity index (χ1n) is 5.31. The maximum absolute atomic E-state index is 12.2. The van der Waals surface area contributed by atoms with Gasteiger partial charge < -0.3 is 5.32 Å². The summed E-state index contributed by atoms with van der Waals surface area (Å²) < 4.78 is 24.5. The van der Waals surface area contributed by atoms with Gasteiger partial charge in [0.1, 0.15) is 0 Å². The van der Waals surface area contributed by atoms with E-state index in [9.17, 15) is 8.42 Å². The van der Waals surface area contributed by atoms with Crippen molar-refractivity contribution in [3.63, 3.8) is 0 Å². The zero-order valence-corrected chi connectivity index (χ0v) is 10.4. The van der Waals surface area contributed by atoms with Crippen molar-refractivity contribution in [2.75, 3.05) is 13.1 Å². The van der Waals surface area contributed by atoms with Gasteiger partial charge in [-0.3, -0.25) is 0 Å². The van der Waals surface area contributed by atoms with Crippen molar-refractivity contribution >= 4 is 21.4 Å². The molecule has 1 atom stereocenters. The predicted molar refractivity (Wildman–Crippen MR) is 64.5 cm³/mol. The Labute approximate surface area is 101 Å². The fourth-order valence-electron chi connectivity index (χ4n) is 1.92. The molecule has 1 aromatic rings. The Balaban J connectivity index is 2.30. The molecule has 88 valence electrons. The third-order valence-corrected chi connectivity index (χ3v) is 5.24.